The predicted octanol–water partition coefficient (Wildman–Crippen LogP) is 2.18. The van der Waals surface area contributed by atoms with E-state index in [1.807, 2.05) is 30.3 Å². The van der Waals surface area contributed by atoms with Gasteiger partial charge in [0.25, 0.3) is 0 Å². The SMILES string of the molecule is CCC(c1ccccc1)n1cc[nH]c1=O. The lowest BCUT2D eigenvalue weighted by molar-refractivity contribution is 0.550. The number of benzene rings is 1. The summed E-state index contributed by atoms with van der Waals surface area (Å²) in [4.78, 5) is 14.2. The number of H-pyrrole nitrogens is 1. The van der Waals surface area contributed by atoms with Crippen molar-refractivity contribution >= 4 is 0 Å². The van der Waals surface area contributed by atoms with Gasteiger partial charge in [-0.1, -0.05) is 37.3 Å². The topological polar surface area (TPSA) is 37.8 Å². The zero-order valence-corrected chi connectivity index (χ0v) is 8.68. The summed E-state index contributed by atoms with van der Waals surface area (Å²) in [6.07, 6.45) is 4.37. The number of hydrogen-bond acceptors (Lipinski definition) is 1. The molecule has 0 amide bonds. The Hall–Kier alpha value is -1.77. The maximum Gasteiger partial charge on any atom is 0.326 e. The van der Waals surface area contributed by atoms with E-state index < -0.39 is 0 Å². The molecule has 0 saturated heterocycles. The largest absolute Gasteiger partial charge is 0.326 e. The molecule has 0 aliphatic carbocycles. The summed E-state index contributed by atoms with van der Waals surface area (Å²) in [5.41, 5.74) is 1.12. The van der Waals surface area contributed by atoms with E-state index in [4.69, 9.17) is 0 Å². The molecule has 2 aromatic rings. The first-order chi connectivity index (χ1) is 7.33. The zero-order chi connectivity index (χ0) is 10.7. The minimum Gasteiger partial charge on any atom is -0.313 e. The second kappa shape index (κ2) is 4.17. The summed E-state index contributed by atoms with van der Waals surface area (Å²) >= 11 is 0. The monoisotopic (exact) mass is 202 g/mol. The van der Waals surface area contributed by atoms with Crippen molar-refractivity contribution in [3.63, 3.8) is 0 Å². The Morgan fingerprint density at radius 1 is 1.33 bits per heavy atom. The van der Waals surface area contributed by atoms with Gasteiger partial charge in [-0.05, 0) is 12.0 Å². The summed E-state index contributed by atoms with van der Waals surface area (Å²) in [6.45, 7) is 2.08. The van der Waals surface area contributed by atoms with Gasteiger partial charge in [0, 0.05) is 12.4 Å². The molecule has 78 valence electrons. The number of imidazole rings is 1. The molecule has 2 rings (SSSR count). The van der Waals surface area contributed by atoms with E-state index in [-0.39, 0.29) is 11.7 Å². The number of aromatic amines is 1. The molecule has 1 atom stereocenters. The highest BCUT2D eigenvalue weighted by Gasteiger charge is 2.12. The Morgan fingerprint density at radius 3 is 2.60 bits per heavy atom. The van der Waals surface area contributed by atoms with Crippen LogP contribution in [-0.2, 0) is 0 Å². The molecule has 0 saturated carbocycles. The summed E-state index contributed by atoms with van der Waals surface area (Å²) in [5, 5.41) is 0. The summed E-state index contributed by atoms with van der Waals surface area (Å²) < 4.78 is 1.73. The third-order valence-corrected chi connectivity index (χ3v) is 2.58. The Kier molecular flexibility index (Phi) is 2.72. The number of aromatic nitrogens is 2. The van der Waals surface area contributed by atoms with Gasteiger partial charge in [0.2, 0.25) is 0 Å². The van der Waals surface area contributed by atoms with Gasteiger partial charge in [-0.15, -0.1) is 0 Å². The Labute approximate surface area is 88.4 Å². The van der Waals surface area contributed by atoms with Crippen LogP contribution in [0.15, 0.2) is 47.5 Å². The smallest absolute Gasteiger partial charge is 0.313 e. The number of hydrogen-bond donors (Lipinski definition) is 1. The van der Waals surface area contributed by atoms with Gasteiger partial charge in [-0.3, -0.25) is 4.57 Å². The quantitative estimate of drug-likeness (QED) is 0.813. The van der Waals surface area contributed by atoms with Crippen molar-refractivity contribution in [1.82, 2.24) is 9.55 Å². The van der Waals surface area contributed by atoms with Crippen molar-refractivity contribution in [2.45, 2.75) is 19.4 Å². The zero-order valence-electron chi connectivity index (χ0n) is 8.68. The van der Waals surface area contributed by atoms with E-state index in [0.717, 1.165) is 6.42 Å². The lowest BCUT2D eigenvalue weighted by Gasteiger charge is -2.15. The van der Waals surface area contributed by atoms with Gasteiger partial charge in [0.05, 0.1) is 6.04 Å². The van der Waals surface area contributed by atoms with Crippen molar-refractivity contribution in [1.29, 1.82) is 0 Å². The Morgan fingerprint density at radius 2 is 2.07 bits per heavy atom. The molecule has 1 unspecified atom stereocenters. The van der Waals surface area contributed by atoms with E-state index in [0.29, 0.717) is 0 Å². The van der Waals surface area contributed by atoms with E-state index >= 15 is 0 Å². The van der Waals surface area contributed by atoms with Crippen molar-refractivity contribution in [2.24, 2.45) is 0 Å². The maximum atomic E-state index is 11.5. The van der Waals surface area contributed by atoms with Crippen LogP contribution in [0, 0.1) is 0 Å². The van der Waals surface area contributed by atoms with Crippen LogP contribution in [-0.4, -0.2) is 9.55 Å². The minimum atomic E-state index is -0.0503. The molecule has 1 N–H and O–H groups in total. The van der Waals surface area contributed by atoms with Gasteiger partial charge in [0.1, 0.15) is 0 Å². The first-order valence-corrected chi connectivity index (χ1v) is 5.13. The highest BCUT2D eigenvalue weighted by molar-refractivity contribution is 5.19. The van der Waals surface area contributed by atoms with Crippen LogP contribution in [0.1, 0.15) is 24.9 Å². The molecule has 0 spiro atoms. The number of rotatable bonds is 3. The molecule has 1 aromatic heterocycles. The first-order valence-electron chi connectivity index (χ1n) is 5.13. The van der Waals surface area contributed by atoms with Crippen molar-refractivity contribution in [2.75, 3.05) is 0 Å². The number of nitrogens with zero attached hydrogens (tertiary/aromatic N) is 1. The first kappa shape index (κ1) is 9.77. The average Bonchev–Trinajstić information content (AvgIpc) is 2.68. The third-order valence-electron chi connectivity index (χ3n) is 2.58. The van der Waals surface area contributed by atoms with Gasteiger partial charge in [0.15, 0.2) is 0 Å². The van der Waals surface area contributed by atoms with E-state index in [1.165, 1.54) is 5.56 Å². The summed E-state index contributed by atoms with van der Waals surface area (Å²) in [6, 6.07) is 10.2. The van der Waals surface area contributed by atoms with E-state index in [2.05, 4.69) is 11.9 Å². The fourth-order valence-corrected chi connectivity index (χ4v) is 1.84. The summed E-state index contributed by atoms with van der Waals surface area (Å²) in [7, 11) is 0. The van der Waals surface area contributed by atoms with E-state index in [9.17, 15) is 4.79 Å². The highest BCUT2D eigenvalue weighted by Crippen LogP contribution is 2.19. The molecule has 1 aromatic carbocycles. The van der Waals surface area contributed by atoms with Crippen LogP contribution in [0.3, 0.4) is 0 Å². The molecule has 3 nitrogen and oxygen atoms in total. The number of nitrogens with one attached hydrogen (secondary N) is 1. The van der Waals surface area contributed by atoms with Crippen LogP contribution in [0.2, 0.25) is 0 Å². The molecule has 0 radical (unpaired) electrons. The Balaban J connectivity index is 2.42. The predicted molar refractivity (Wildman–Crippen MR) is 59.9 cm³/mol. The van der Waals surface area contributed by atoms with Crippen LogP contribution in [0.25, 0.3) is 0 Å². The van der Waals surface area contributed by atoms with Crippen LogP contribution in [0.4, 0.5) is 0 Å². The lowest BCUT2D eigenvalue weighted by Crippen LogP contribution is -2.22. The second-order valence-electron chi connectivity index (χ2n) is 3.51. The average molecular weight is 202 g/mol. The maximum absolute atomic E-state index is 11.5. The standard InChI is InChI=1S/C12H14N2O/c1-2-11(10-6-4-3-5-7-10)14-9-8-13-12(14)15/h3-9,11H,2H2,1H3,(H,13,15). The molecule has 15 heavy (non-hydrogen) atoms. The molecule has 1 heterocycles. The molecule has 0 aliphatic heterocycles. The minimum absolute atomic E-state index is 0.0503. The van der Waals surface area contributed by atoms with Crippen LogP contribution >= 0.6 is 0 Å². The fraction of sp³-hybridized carbons (Fsp3) is 0.250. The fourth-order valence-electron chi connectivity index (χ4n) is 1.84. The molecular weight excluding hydrogens is 188 g/mol. The normalized spacial score (nSPS) is 12.6. The summed E-state index contributed by atoms with van der Waals surface area (Å²) in [5.74, 6) is 0. The Bertz CT molecular complexity index is 470. The van der Waals surface area contributed by atoms with Crippen molar-refractivity contribution in [3.8, 4) is 0 Å². The van der Waals surface area contributed by atoms with Gasteiger partial charge in [-0.25, -0.2) is 4.79 Å². The van der Waals surface area contributed by atoms with Crippen molar-refractivity contribution in [3.05, 3.63) is 58.8 Å². The van der Waals surface area contributed by atoms with Crippen LogP contribution < -0.4 is 5.69 Å². The van der Waals surface area contributed by atoms with Crippen molar-refractivity contribution < 1.29 is 0 Å². The molecular formula is C12H14N2O. The van der Waals surface area contributed by atoms with Gasteiger partial charge in [-0.2, -0.15) is 0 Å². The van der Waals surface area contributed by atoms with Gasteiger partial charge < -0.3 is 4.98 Å². The molecule has 0 aliphatic rings. The van der Waals surface area contributed by atoms with Gasteiger partial charge >= 0.3 is 5.69 Å². The third kappa shape index (κ3) is 1.86. The molecule has 3 heteroatoms. The molecule has 0 bridgehead atoms. The second-order valence-corrected chi connectivity index (χ2v) is 3.51. The molecule has 0 fully saturated rings. The lowest BCUT2D eigenvalue weighted by atomic mass is 10.0. The highest BCUT2D eigenvalue weighted by atomic mass is 16.1. The van der Waals surface area contributed by atoms with E-state index in [1.54, 1.807) is 17.0 Å². The van der Waals surface area contributed by atoms with Crippen LogP contribution in [0.5, 0.6) is 0 Å².